The van der Waals surface area contributed by atoms with Crippen molar-refractivity contribution in [2.24, 2.45) is 0 Å². The number of carbonyl (C=O) groups is 2. The molecule has 0 rings (SSSR count). The molecule has 13 heteroatoms. The van der Waals surface area contributed by atoms with E-state index in [1.54, 1.807) is 18.2 Å². The third-order valence-electron chi connectivity index (χ3n) is 8.23. The molecule has 326 valence electrons. The molecular weight excluding hydrogens is 751 g/mol. The van der Waals surface area contributed by atoms with E-state index in [2.05, 4.69) is 54.8 Å². The van der Waals surface area contributed by atoms with Crippen molar-refractivity contribution in [3.8, 4) is 0 Å². The van der Waals surface area contributed by atoms with Crippen molar-refractivity contribution in [1.29, 1.82) is 0 Å². The van der Waals surface area contributed by atoms with Crippen molar-refractivity contribution in [3.63, 3.8) is 0 Å². The number of ether oxygens (including phenoxy) is 2. The number of carbonyl (C=O) groups excluding carboxylic acids is 2. The van der Waals surface area contributed by atoms with Crippen LogP contribution < -0.4 is 0 Å². The number of phosphoric acid groups is 1. The van der Waals surface area contributed by atoms with E-state index >= 15 is 0 Å². The first-order valence-electron chi connectivity index (χ1n) is 20.8. The number of aliphatic hydroxyl groups excluding tert-OH is 4. The van der Waals surface area contributed by atoms with Crippen molar-refractivity contribution < 1.29 is 58.0 Å². The number of unbranched alkanes of at least 4 members (excludes halogenated alkanes) is 7. The first-order chi connectivity index (χ1) is 27.5. The summed E-state index contributed by atoms with van der Waals surface area (Å²) in [6.45, 7) is 1.91. The number of phosphoric ester groups is 1. The largest absolute Gasteiger partial charge is 0.472 e. The Morgan fingerprint density at radius 3 is 1.70 bits per heavy atom. The highest BCUT2D eigenvalue weighted by Gasteiger charge is 2.27. The molecule has 0 bridgehead atoms. The van der Waals surface area contributed by atoms with E-state index in [4.69, 9.17) is 19.1 Å². The van der Waals surface area contributed by atoms with Gasteiger partial charge in [0.25, 0.3) is 0 Å². The van der Waals surface area contributed by atoms with Gasteiger partial charge in [0.1, 0.15) is 12.7 Å². The number of rotatable bonds is 37. The number of hydrogen-bond donors (Lipinski definition) is 5. The zero-order valence-corrected chi connectivity index (χ0v) is 35.4. The molecule has 0 saturated heterocycles. The van der Waals surface area contributed by atoms with Crippen LogP contribution in [0, 0.1) is 0 Å². The van der Waals surface area contributed by atoms with E-state index in [0.717, 1.165) is 57.8 Å². The van der Waals surface area contributed by atoms with Crippen LogP contribution in [-0.2, 0) is 32.7 Å². The van der Waals surface area contributed by atoms with Gasteiger partial charge in [-0.1, -0.05) is 131 Å². The zero-order chi connectivity index (χ0) is 42.2. The number of esters is 2. The molecule has 0 heterocycles. The Kier molecular flexibility index (Phi) is 36.6. The van der Waals surface area contributed by atoms with Crippen LogP contribution in [0.15, 0.2) is 85.1 Å². The van der Waals surface area contributed by atoms with E-state index in [0.29, 0.717) is 25.7 Å². The fourth-order valence-electron chi connectivity index (χ4n) is 4.92. The van der Waals surface area contributed by atoms with E-state index in [1.807, 2.05) is 30.4 Å². The highest BCUT2D eigenvalue weighted by atomic mass is 31.2. The molecule has 57 heavy (non-hydrogen) atoms. The Bertz CT molecular complexity index is 1260. The molecule has 0 aliphatic carbocycles. The van der Waals surface area contributed by atoms with Gasteiger partial charge in [-0.05, 0) is 70.6 Å². The van der Waals surface area contributed by atoms with Gasteiger partial charge in [-0.25, -0.2) is 4.57 Å². The molecule has 0 fully saturated rings. The molecule has 12 nitrogen and oxygen atoms in total. The molecule has 0 amide bonds. The summed E-state index contributed by atoms with van der Waals surface area (Å²) >= 11 is 0. The molecule has 0 spiro atoms. The molecule has 0 aromatic carbocycles. The Labute approximate surface area is 342 Å². The summed E-state index contributed by atoms with van der Waals surface area (Å²) in [6, 6.07) is 0. The Balaban J connectivity index is 4.65. The first-order valence-corrected chi connectivity index (χ1v) is 22.3. The van der Waals surface area contributed by atoms with Gasteiger partial charge in [0.2, 0.25) is 0 Å². The average molecular weight is 825 g/mol. The van der Waals surface area contributed by atoms with Crippen LogP contribution in [0.3, 0.4) is 0 Å². The van der Waals surface area contributed by atoms with E-state index in [9.17, 15) is 34.4 Å². The van der Waals surface area contributed by atoms with Crippen LogP contribution >= 0.6 is 7.82 Å². The molecular formula is C44H73O12P. The third-order valence-corrected chi connectivity index (χ3v) is 9.18. The summed E-state index contributed by atoms with van der Waals surface area (Å²) in [5.41, 5.74) is 0. The minimum absolute atomic E-state index is 0.0198. The van der Waals surface area contributed by atoms with Crippen molar-refractivity contribution in [3.05, 3.63) is 85.1 Å². The summed E-state index contributed by atoms with van der Waals surface area (Å²) in [6.07, 6.45) is 37.7. The predicted molar refractivity (Wildman–Crippen MR) is 226 cm³/mol. The standard InChI is InChI=1S/C44H73O12P/c1-3-5-7-8-9-10-11-12-13-14-15-16-20-23-27-33-44(50)56-42(38-55-57(51,52)54-36-41(48)35-45)37-53-43(49)34-28-32-40(47)31-26-22-19-17-18-21-25-30-39(46)29-24-6-4-2/h9-10,12-13,15-16,18-19,21-22,25-26,30-31,39-42,45-48H,3-8,11,14,17,20,23-24,27-29,32-38H2,1-2H3,(H,51,52)/b10-9-,13-12-,16-15-,21-18-,22-19-,30-25+,31-26+/t39-,40-,41-,42+/m0/s1. The molecule has 0 aromatic heterocycles. The molecule has 5 N–H and O–H groups in total. The van der Waals surface area contributed by atoms with Crippen LogP contribution in [-0.4, -0.2) is 88.1 Å². The topological polar surface area (TPSA) is 189 Å². The summed E-state index contributed by atoms with van der Waals surface area (Å²) in [7, 11) is -4.69. The smallest absolute Gasteiger partial charge is 0.462 e. The van der Waals surface area contributed by atoms with Crippen LogP contribution in [0.1, 0.15) is 129 Å². The predicted octanol–water partition coefficient (Wildman–Crippen LogP) is 8.61. The van der Waals surface area contributed by atoms with Gasteiger partial charge in [-0.2, -0.15) is 0 Å². The summed E-state index contributed by atoms with van der Waals surface area (Å²) in [5.74, 6) is -1.21. The van der Waals surface area contributed by atoms with Crippen molar-refractivity contribution >= 4 is 19.8 Å². The summed E-state index contributed by atoms with van der Waals surface area (Å²) in [5, 5.41) is 38.4. The van der Waals surface area contributed by atoms with Crippen LogP contribution in [0.4, 0.5) is 0 Å². The fourth-order valence-corrected chi connectivity index (χ4v) is 5.71. The maximum absolute atomic E-state index is 12.6. The summed E-state index contributed by atoms with van der Waals surface area (Å²) in [4.78, 5) is 34.9. The van der Waals surface area contributed by atoms with Crippen LogP contribution in [0.2, 0.25) is 0 Å². The Morgan fingerprint density at radius 2 is 1.11 bits per heavy atom. The normalized spacial score (nSPS) is 15.8. The number of aliphatic hydroxyl groups is 4. The van der Waals surface area contributed by atoms with Crippen molar-refractivity contribution in [1.82, 2.24) is 0 Å². The van der Waals surface area contributed by atoms with Gasteiger partial charge >= 0.3 is 19.8 Å². The van der Waals surface area contributed by atoms with Crippen molar-refractivity contribution in [2.45, 2.75) is 154 Å². The second kappa shape index (κ2) is 38.6. The highest BCUT2D eigenvalue weighted by molar-refractivity contribution is 7.47. The van der Waals surface area contributed by atoms with Gasteiger partial charge in [0, 0.05) is 12.8 Å². The molecule has 0 saturated carbocycles. The monoisotopic (exact) mass is 824 g/mol. The van der Waals surface area contributed by atoms with Gasteiger partial charge in [-0.15, -0.1) is 0 Å². The highest BCUT2D eigenvalue weighted by Crippen LogP contribution is 2.43. The van der Waals surface area contributed by atoms with E-state index < -0.39 is 70.6 Å². The molecule has 5 atom stereocenters. The second-order valence-corrected chi connectivity index (χ2v) is 15.2. The lowest BCUT2D eigenvalue weighted by Crippen LogP contribution is -2.30. The Hall–Kier alpha value is -2.93. The van der Waals surface area contributed by atoms with Gasteiger partial charge in [0.05, 0.1) is 32.0 Å². The van der Waals surface area contributed by atoms with Crippen LogP contribution in [0.25, 0.3) is 0 Å². The van der Waals surface area contributed by atoms with Crippen molar-refractivity contribution in [2.75, 3.05) is 26.4 Å². The van der Waals surface area contributed by atoms with Gasteiger partial charge in [-0.3, -0.25) is 18.6 Å². The third kappa shape index (κ3) is 38.4. The van der Waals surface area contributed by atoms with Gasteiger partial charge < -0.3 is 34.8 Å². The molecule has 0 aliphatic heterocycles. The fraction of sp³-hybridized carbons (Fsp3) is 0.636. The first kappa shape index (κ1) is 54.1. The van der Waals surface area contributed by atoms with Crippen LogP contribution in [0.5, 0.6) is 0 Å². The molecule has 0 aromatic rings. The second-order valence-electron chi connectivity index (χ2n) is 13.7. The van der Waals surface area contributed by atoms with E-state index in [1.165, 1.54) is 19.3 Å². The SMILES string of the molecule is CCCCC/C=C\C/C=C\C/C=C\CCCCC(=O)O[C@H](COC(=O)CCC[C@@H](O)/C=C/C=C\C/C=C\C=C\[C@@H](O)CCCCC)COP(=O)(O)OC[C@@H](O)CO. The lowest BCUT2D eigenvalue weighted by molar-refractivity contribution is -0.161. The minimum atomic E-state index is -4.69. The summed E-state index contributed by atoms with van der Waals surface area (Å²) < 4.78 is 32.4. The van der Waals surface area contributed by atoms with Gasteiger partial charge in [0.15, 0.2) is 6.10 Å². The molecule has 0 aliphatic rings. The quantitative estimate of drug-likeness (QED) is 0.0132. The lowest BCUT2D eigenvalue weighted by atomic mass is 10.1. The lowest BCUT2D eigenvalue weighted by Gasteiger charge is -2.20. The molecule has 0 radical (unpaired) electrons. The number of allylic oxidation sites excluding steroid dienone is 12. The maximum Gasteiger partial charge on any atom is 0.472 e. The maximum atomic E-state index is 12.6. The average Bonchev–Trinajstić information content (AvgIpc) is 3.18. The zero-order valence-electron chi connectivity index (χ0n) is 34.5. The number of hydrogen-bond acceptors (Lipinski definition) is 11. The minimum Gasteiger partial charge on any atom is -0.462 e. The Morgan fingerprint density at radius 1 is 0.596 bits per heavy atom. The van der Waals surface area contributed by atoms with E-state index in [-0.39, 0.29) is 12.8 Å². The molecule has 1 unspecified atom stereocenters.